The van der Waals surface area contributed by atoms with Crippen LogP contribution in [0.3, 0.4) is 0 Å². The second-order valence-corrected chi connectivity index (χ2v) is 7.98. The van der Waals surface area contributed by atoms with E-state index in [0.717, 1.165) is 12.0 Å². The Morgan fingerprint density at radius 3 is 2.60 bits per heavy atom. The van der Waals surface area contributed by atoms with Crippen LogP contribution in [0.5, 0.6) is 11.5 Å². The molecule has 4 rings (SSSR count). The molecule has 2 unspecified atom stereocenters. The molecule has 1 fully saturated rings. The van der Waals surface area contributed by atoms with Crippen molar-refractivity contribution in [3.8, 4) is 22.9 Å². The molecule has 30 heavy (non-hydrogen) atoms. The zero-order valence-electron chi connectivity index (χ0n) is 18.0. The summed E-state index contributed by atoms with van der Waals surface area (Å²) in [4.78, 5) is 4.62. The first-order valence-corrected chi connectivity index (χ1v) is 10.2. The van der Waals surface area contributed by atoms with Gasteiger partial charge in [0.2, 0.25) is 11.7 Å². The maximum absolute atomic E-state index is 5.78. The summed E-state index contributed by atoms with van der Waals surface area (Å²) in [6, 6.07) is 12.3. The fourth-order valence-electron chi connectivity index (χ4n) is 3.71. The van der Waals surface area contributed by atoms with Crippen LogP contribution in [0.1, 0.15) is 54.9 Å². The normalized spacial score (nSPS) is 18.7. The number of nitrogens with zero attached hydrogens (tertiary/aromatic N) is 2. The molecular weight excluding hydrogens is 380 g/mol. The molecule has 2 aromatic carbocycles. The topological polar surface area (TPSA) is 81.4 Å². The number of aryl methyl sites for hydroxylation is 2. The third-order valence-electron chi connectivity index (χ3n) is 5.24. The maximum atomic E-state index is 5.78. The van der Waals surface area contributed by atoms with Crippen LogP contribution in [0.15, 0.2) is 40.9 Å². The molecule has 0 saturated carbocycles. The van der Waals surface area contributed by atoms with Gasteiger partial charge in [0.05, 0.1) is 13.2 Å². The van der Waals surface area contributed by atoms with Crippen molar-refractivity contribution >= 4 is 0 Å². The van der Waals surface area contributed by atoms with Gasteiger partial charge in [-0.1, -0.05) is 28.9 Å². The second-order valence-electron chi connectivity index (χ2n) is 7.98. The molecule has 0 spiro atoms. The summed E-state index contributed by atoms with van der Waals surface area (Å²) in [6.07, 6.45) is 0.892. The number of ether oxygens (including phenoxy) is 2. The van der Waals surface area contributed by atoms with Crippen molar-refractivity contribution in [1.82, 2.24) is 21.0 Å². The lowest BCUT2D eigenvalue weighted by atomic mass is 9.96. The number of benzene rings is 2. The Balaban J connectivity index is 1.51. The average molecular weight is 409 g/mol. The van der Waals surface area contributed by atoms with Gasteiger partial charge in [0, 0.05) is 11.6 Å². The van der Waals surface area contributed by atoms with Crippen LogP contribution in [0, 0.1) is 13.8 Å². The molecule has 2 atom stereocenters. The van der Waals surface area contributed by atoms with Gasteiger partial charge in [-0.25, -0.2) is 10.9 Å². The van der Waals surface area contributed by atoms with E-state index in [-0.39, 0.29) is 18.2 Å². The summed E-state index contributed by atoms with van der Waals surface area (Å²) in [7, 11) is 1.62. The quantitative estimate of drug-likeness (QED) is 0.624. The molecule has 158 valence electrons. The smallest absolute Gasteiger partial charge is 0.245 e. The molecule has 0 amide bonds. The summed E-state index contributed by atoms with van der Waals surface area (Å²) in [6.45, 7) is 8.20. The largest absolute Gasteiger partial charge is 0.493 e. The Bertz CT molecular complexity index is 1030. The Morgan fingerprint density at radius 2 is 1.83 bits per heavy atom. The number of hydrazine groups is 1. The van der Waals surface area contributed by atoms with Crippen LogP contribution in [0.25, 0.3) is 11.4 Å². The summed E-state index contributed by atoms with van der Waals surface area (Å²) in [5.74, 6) is 2.42. The third-order valence-corrected chi connectivity index (χ3v) is 5.24. The molecule has 7 heteroatoms. The molecule has 0 bridgehead atoms. The van der Waals surface area contributed by atoms with Crippen LogP contribution >= 0.6 is 0 Å². The van der Waals surface area contributed by atoms with E-state index in [1.54, 1.807) is 7.11 Å². The molecule has 2 N–H and O–H groups in total. The van der Waals surface area contributed by atoms with Gasteiger partial charge >= 0.3 is 0 Å². The minimum atomic E-state index is -0.0541. The summed E-state index contributed by atoms with van der Waals surface area (Å²) in [5.41, 5.74) is 11.3. The zero-order valence-corrected chi connectivity index (χ0v) is 18.0. The second kappa shape index (κ2) is 8.45. The fraction of sp³-hybridized carbons (Fsp3) is 0.391. The standard InChI is InChI=1S/C23H28N4O3/c1-13(2)29-20-9-8-16(11-21(20)28-5)22-24-23(30-27-22)19-12-18(25-26-19)17-10-14(3)6-7-15(17)4/h6-11,13,18-19,25-26H,12H2,1-5H3. The van der Waals surface area contributed by atoms with Gasteiger partial charge in [0.1, 0.15) is 6.04 Å². The minimum absolute atomic E-state index is 0.0541. The SMILES string of the molecule is COc1cc(-c2noc(C3CC(c4cc(C)ccc4C)NN3)n2)ccc1OC(C)C. The molecule has 7 nitrogen and oxygen atoms in total. The highest BCUT2D eigenvalue weighted by Gasteiger charge is 2.31. The molecule has 0 radical (unpaired) electrons. The van der Waals surface area contributed by atoms with Gasteiger partial charge < -0.3 is 14.0 Å². The van der Waals surface area contributed by atoms with Gasteiger partial charge in [-0.2, -0.15) is 4.98 Å². The number of methoxy groups -OCH3 is 1. The van der Waals surface area contributed by atoms with E-state index in [1.165, 1.54) is 16.7 Å². The van der Waals surface area contributed by atoms with Crippen molar-refractivity contribution in [3.63, 3.8) is 0 Å². The summed E-state index contributed by atoms with van der Waals surface area (Å²) < 4.78 is 16.8. The Morgan fingerprint density at radius 1 is 1.03 bits per heavy atom. The number of hydrogen-bond donors (Lipinski definition) is 2. The van der Waals surface area contributed by atoms with Gasteiger partial charge in [-0.15, -0.1) is 0 Å². The lowest BCUT2D eigenvalue weighted by molar-refractivity contribution is 0.230. The van der Waals surface area contributed by atoms with E-state index in [0.29, 0.717) is 23.2 Å². The lowest BCUT2D eigenvalue weighted by Crippen LogP contribution is -2.27. The zero-order chi connectivity index (χ0) is 21.3. The van der Waals surface area contributed by atoms with Crippen LogP contribution in [0.2, 0.25) is 0 Å². The predicted octanol–water partition coefficient (Wildman–Crippen LogP) is 4.43. The number of aromatic nitrogens is 2. The minimum Gasteiger partial charge on any atom is -0.493 e. The van der Waals surface area contributed by atoms with Crippen LogP contribution in [0.4, 0.5) is 0 Å². The fourth-order valence-corrected chi connectivity index (χ4v) is 3.71. The molecule has 3 aromatic rings. The Labute approximate surface area is 176 Å². The molecule has 1 aliphatic heterocycles. The first kappa shape index (κ1) is 20.4. The van der Waals surface area contributed by atoms with Crippen molar-refractivity contribution in [2.24, 2.45) is 0 Å². The first-order valence-electron chi connectivity index (χ1n) is 10.2. The van der Waals surface area contributed by atoms with Gasteiger partial charge in [0.25, 0.3) is 0 Å². The van der Waals surface area contributed by atoms with Gasteiger partial charge in [0.15, 0.2) is 11.5 Å². The van der Waals surface area contributed by atoms with E-state index in [2.05, 4.69) is 53.0 Å². The third kappa shape index (κ3) is 4.17. The van der Waals surface area contributed by atoms with E-state index < -0.39 is 0 Å². The van der Waals surface area contributed by atoms with E-state index in [9.17, 15) is 0 Å². The highest BCUT2D eigenvalue weighted by atomic mass is 16.5. The monoisotopic (exact) mass is 408 g/mol. The number of hydrogen-bond acceptors (Lipinski definition) is 7. The van der Waals surface area contributed by atoms with E-state index >= 15 is 0 Å². The highest BCUT2D eigenvalue weighted by molar-refractivity contribution is 5.60. The van der Waals surface area contributed by atoms with Gasteiger partial charge in [-0.05, 0) is 63.4 Å². The van der Waals surface area contributed by atoms with E-state index in [1.807, 2.05) is 32.0 Å². The molecule has 2 heterocycles. The maximum Gasteiger partial charge on any atom is 0.245 e. The van der Waals surface area contributed by atoms with Crippen LogP contribution in [-0.4, -0.2) is 23.4 Å². The van der Waals surface area contributed by atoms with Crippen LogP contribution in [-0.2, 0) is 0 Å². The molecule has 1 aromatic heterocycles. The molecule has 1 aliphatic rings. The Kier molecular flexibility index (Phi) is 5.74. The van der Waals surface area contributed by atoms with Crippen molar-refractivity contribution in [2.75, 3.05) is 7.11 Å². The van der Waals surface area contributed by atoms with Crippen molar-refractivity contribution < 1.29 is 14.0 Å². The highest BCUT2D eigenvalue weighted by Crippen LogP contribution is 2.35. The predicted molar refractivity (Wildman–Crippen MR) is 114 cm³/mol. The number of nitrogens with one attached hydrogen (secondary N) is 2. The molecule has 1 saturated heterocycles. The first-order chi connectivity index (χ1) is 14.4. The summed E-state index contributed by atoms with van der Waals surface area (Å²) >= 11 is 0. The molecular formula is C23H28N4O3. The van der Waals surface area contributed by atoms with Crippen LogP contribution < -0.4 is 20.3 Å². The van der Waals surface area contributed by atoms with Crippen molar-refractivity contribution in [2.45, 2.75) is 52.3 Å². The lowest BCUT2D eigenvalue weighted by Gasteiger charge is -2.13. The van der Waals surface area contributed by atoms with E-state index in [4.69, 9.17) is 14.0 Å². The van der Waals surface area contributed by atoms with Gasteiger partial charge in [-0.3, -0.25) is 0 Å². The molecule has 0 aliphatic carbocycles. The average Bonchev–Trinajstić information content (AvgIpc) is 3.39. The Hall–Kier alpha value is -2.90. The van der Waals surface area contributed by atoms with Crippen molar-refractivity contribution in [3.05, 3.63) is 59.0 Å². The van der Waals surface area contributed by atoms with Crippen molar-refractivity contribution in [1.29, 1.82) is 0 Å². The summed E-state index contributed by atoms with van der Waals surface area (Å²) in [5, 5.41) is 4.18. The number of rotatable bonds is 6.